The van der Waals surface area contributed by atoms with E-state index in [2.05, 4.69) is 0 Å². The fourth-order valence-corrected chi connectivity index (χ4v) is 4.77. The van der Waals surface area contributed by atoms with Crippen LogP contribution in [0, 0.1) is 10.1 Å². The molecule has 2 aliphatic heterocycles. The minimum Gasteiger partial charge on any atom is -0.479 e. The van der Waals surface area contributed by atoms with E-state index in [9.17, 15) is 20.0 Å². The number of hydrogen-bond acceptors (Lipinski definition) is 10. The summed E-state index contributed by atoms with van der Waals surface area (Å²) in [6.45, 7) is 1.63. The van der Waals surface area contributed by atoms with E-state index in [0.717, 1.165) is 5.56 Å². The molecule has 182 valence electrons. The molecule has 2 aromatic carbocycles. The van der Waals surface area contributed by atoms with Gasteiger partial charge in [-0.25, -0.2) is 4.79 Å². The first-order valence-electron chi connectivity index (χ1n) is 10.6. The van der Waals surface area contributed by atoms with Gasteiger partial charge in [0.05, 0.1) is 18.1 Å². The predicted molar refractivity (Wildman–Crippen MR) is 119 cm³/mol. The maximum absolute atomic E-state index is 12.1. The number of rotatable bonds is 6. The molecule has 0 radical (unpaired) electrons. The molecule has 2 aromatic rings. The number of anilines is 1. The molecule has 0 saturated carbocycles. The molecule has 11 nitrogen and oxygen atoms in total. The van der Waals surface area contributed by atoms with Crippen LogP contribution < -0.4 is 9.64 Å². The molecule has 0 aromatic heterocycles. The van der Waals surface area contributed by atoms with Crippen molar-refractivity contribution in [1.82, 2.24) is 0 Å². The molecule has 0 unspecified atom stereocenters. The van der Waals surface area contributed by atoms with Crippen molar-refractivity contribution in [1.29, 1.82) is 0 Å². The summed E-state index contributed by atoms with van der Waals surface area (Å²) in [7, 11) is 4.05. The van der Waals surface area contributed by atoms with Crippen molar-refractivity contribution in [2.24, 2.45) is 0 Å². The summed E-state index contributed by atoms with van der Waals surface area (Å²) in [5.74, 6) is 0.309. The third kappa shape index (κ3) is 3.81. The quantitative estimate of drug-likeness (QED) is 0.289. The Morgan fingerprint density at radius 2 is 1.94 bits per heavy atom. The smallest absolute Gasteiger partial charge is 0.479 e. The van der Waals surface area contributed by atoms with Gasteiger partial charge in [-0.15, -0.1) is 0 Å². The van der Waals surface area contributed by atoms with Crippen LogP contribution in [0.15, 0.2) is 42.5 Å². The van der Waals surface area contributed by atoms with Gasteiger partial charge in [-0.05, 0) is 24.6 Å². The van der Waals surface area contributed by atoms with Gasteiger partial charge in [-0.2, -0.15) is 0 Å². The van der Waals surface area contributed by atoms with Gasteiger partial charge in [0.25, 0.3) is 5.69 Å². The van der Waals surface area contributed by atoms with Crippen LogP contribution in [-0.2, 0) is 25.4 Å². The first-order chi connectivity index (χ1) is 16.2. The first-order valence-corrected chi connectivity index (χ1v) is 10.6. The lowest BCUT2D eigenvalue weighted by atomic mass is 9.83. The number of aliphatic hydroxyl groups is 1. The summed E-state index contributed by atoms with van der Waals surface area (Å²) in [4.78, 5) is 24.8. The van der Waals surface area contributed by atoms with Gasteiger partial charge in [0.1, 0.15) is 11.9 Å². The van der Waals surface area contributed by atoms with E-state index in [4.69, 9.17) is 23.7 Å². The van der Waals surface area contributed by atoms with E-state index in [-0.39, 0.29) is 5.69 Å². The van der Waals surface area contributed by atoms with E-state index in [1.807, 2.05) is 24.3 Å². The number of carbonyl (C=O) groups excluding carboxylic acids is 1. The molecule has 4 atom stereocenters. The molecule has 0 aliphatic carbocycles. The Morgan fingerprint density at radius 1 is 1.24 bits per heavy atom. The van der Waals surface area contributed by atoms with Crippen molar-refractivity contribution in [3.05, 3.63) is 63.7 Å². The topological polar surface area (TPSA) is 130 Å². The van der Waals surface area contributed by atoms with E-state index in [1.54, 1.807) is 11.8 Å². The van der Waals surface area contributed by atoms with Crippen molar-refractivity contribution in [2.75, 3.05) is 26.2 Å². The van der Waals surface area contributed by atoms with Gasteiger partial charge in [-0.1, -0.05) is 18.2 Å². The highest BCUT2D eigenvalue weighted by atomic mass is 16.7. The number of nitro groups is 1. The minimum absolute atomic E-state index is 0.170. The molecule has 4 rings (SSSR count). The summed E-state index contributed by atoms with van der Waals surface area (Å²) in [6.07, 6.45) is -3.71. The van der Waals surface area contributed by atoms with E-state index >= 15 is 0 Å². The second-order valence-electron chi connectivity index (χ2n) is 8.22. The number of fused-ring (bicyclic) bond motifs is 2. The Morgan fingerprint density at radius 3 is 2.59 bits per heavy atom. The number of benzene rings is 2. The summed E-state index contributed by atoms with van der Waals surface area (Å²) in [5, 5.41) is 23.3. The normalized spacial score (nSPS) is 25.4. The Balaban J connectivity index is 1.91. The second-order valence-corrected chi connectivity index (χ2v) is 8.22. The van der Waals surface area contributed by atoms with Crippen LogP contribution in [0.2, 0.25) is 0 Å². The number of non-ortho nitro benzene ring substituents is 1. The summed E-state index contributed by atoms with van der Waals surface area (Å²) in [6, 6.07) is 10.6. The number of aliphatic hydroxyl groups excluding tert-OH is 1. The average Bonchev–Trinajstić information content (AvgIpc) is 3.17. The first kappa shape index (κ1) is 23.7. The van der Waals surface area contributed by atoms with Crippen molar-refractivity contribution in [3.63, 3.8) is 0 Å². The highest BCUT2D eigenvalue weighted by Crippen LogP contribution is 2.50. The van der Waals surface area contributed by atoms with E-state index in [1.165, 1.54) is 39.5 Å². The third-order valence-electron chi connectivity index (χ3n) is 6.31. The molecule has 0 bridgehead atoms. The van der Waals surface area contributed by atoms with Crippen molar-refractivity contribution in [3.8, 4) is 5.75 Å². The van der Waals surface area contributed by atoms with Crippen molar-refractivity contribution < 1.29 is 38.5 Å². The molecule has 0 fully saturated rings. The molecule has 34 heavy (non-hydrogen) atoms. The van der Waals surface area contributed by atoms with Crippen LogP contribution >= 0.6 is 0 Å². The molecular weight excluding hydrogens is 448 g/mol. The van der Waals surface area contributed by atoms with E-state index in [0.29, 0.717) is 23.4 Å². The maximum atomic E-state index is 12.1. The molecule has 0 saturated heterocycles. The van der Waals surface area contributed by atoms with E-state index < -0.39 is 41.3 Å². The van der Waals surface area contributed by atoms with Gasteiger partial charge in [0.15, 0.2) is 18.1 Å². The molecular formula is C23H26N2O9. The van der Waals surface area contributed by atoms with Crippen LogP contribution in [0.25, 0.3) is 0 Å². The Labute approximate surface area is 195 Å². The summed E-state index contributed by atoms with van der Waals surface area (Å²) in [5.41, 5.74) is 0.355. The molecule has 2 heterocycles. The van der Waals surface area contributed by atoms with Gasteiger partial charge in [0.2, 0.25) is 0 Å². The van der Waals surface area contributed by atoms with Gasteiger partial charge < -0.3 is 33.7 Å². The van der Waals surface area contributed by atoms with Gasteiger partial charge in [0, 0.05) is 44.0 Å². The number of methoxy groups -OCH3 is 3. The number of nitrogens with zero attached hydrogens (tertiary/aromatic N) is 2. The average molecular weight is 474 g/mol. The number of ether oxygens (including phenoxy) is 5. The zero-order chi connectivity index (χ0) is 24.6. The van der Waals surface area contributed by atoms with Gasteiger partial charge in [-0.3, -0.25) is 10.1 Å². The fraction of sp³-hybridized carbons (Fsp3) is 0.435. The largest absolute Gasteiger partial charge is 0.509 e. The third-order valence-corrected chi connectivity index (χ3v) is 6.31. The van der Waals surface area contributed by atoms with Crippen LogP contribution in [0.4, 0.5) is 16.2 Å². The highest BCUT2D eigenvalue weighted by Gasteiger charge is 2.56. The minimum atomic E-state index is -1.41. The molecule has 11 heteroatoms. The standard InChI is InChI=1S/C23H26N2O9/c1-23(21(30-2)31-3)20(26)19(15-12-14(25(28)29)9-10-17(15)34-23)24-16-8-6-5-7-13(16)11-18(24)33-22(27)32-4/h5-10,12,18-21,26H,11H2,1-4H3/t18-,19-,20+,23-/m0/s1. The van der Waals surface area contributed by atoms with Gasteiger partial charge >= 0.3 is 6.16 Å². The molecule has 0 spiro atoms. The predicted octanol–water partition coefficient (Wildman–Crippen LogP) is 2.94. The maximum Gasteiger partial charge on any atom is 0.509 e. The zero-order valence-corrected chi connectivity index (χ0v) is 19.2. The SMILES string of the molecule is COC(=O)O[C@H]1Cc2ccccc2N1[C@H]1c2cc([N+](=O)[O-])ccc2O[C@](C)(C(OC)OC)[C@@H]1O. The van der Waals surface area contributed by atoms with Crippen LogP contribution in [0.5, 0.6) is 5.75 Å². The van der Waals surface area contributed by atoms with Crippen molar-refractivity contribution >= 4 is 17.5 Å². The molecule has 0 amide bonds. The number of hydrogen-bond donors (Lipinski definition) is 1. The second kappa shape index (κ2) is 9.09. The summed E-state index contributed by atoms with van der Waals surface area (Å²) >= 11 is 0. The van der Waals surface area contributed by atoms with Crippen LogP contribution in [0.1, 0.15) is 24.1 Å². The Hall–Kier alpha value is -3.41. The Bertz CT molecular complexity index is 1090. The number of carbonyl (C=O) groups is 1. The lowest BCUT2D eigenvalue weighted by Gasteiger charge is -2.50. The lowest BCUT2D eigenvalue weighted by Crippen LogP contribution is -2.63. The van der Waals surface area contributed by atoms with Crippen molar-refractivity contribution in [2.45, 2.75) is 43.6 Å². The lowest BCUT2D eigenvalue weighted by molar-refractivity contribution is -0.385. The monoisotopic (exact) mass is 474 g/mol. The fourth-order valence-electron chi connectivity index (χ4n) is 4.77. The molecule has 2 aliphatic rings. The van der Waals surface area contributed by atoms with Crippen LogP contribution in [0.3, 0.4) is 0 Å². The Kier molecular flexibility index (Phi) is 6.34. The number of nitro benzene ring substituents is 1. The van der Waals surface area contributed by atoms with Crippen LogP contribution in [-0.4, -0.2) is 61.7 Å². The number of para-hydroxylation sites is 1. The molecule has 1 N–H and O–H groups in total. The zero-order valence-electron chi connectivity index (χ0n) is 19.2. The highest BCUT2D eigenvalue weighted by molar-refractivity contribution is 5.66. The summed E-state index contributed by atoms with van der Waals surface area (Å²) < 4.78 is 27.3.